The van der Waals surface area contributed by atoms with Crippen molar-refractivity contribution in [2.24, 2.45) is 13.0 Å². The van der Waals surface area contributed by atoms with Gasteiger partial charge in [-0.05, 0) is 31.9 Å². The number of sulfonamides is 1. The molecule has 11 heteroatoms. The summed E-state index contributed by atoms with van der Waals surface area (Å²) in [5.41, 5.74) is 1.20. The van der Waals surface area contributed by atoms with Gasteiger partial charge in [0.25, 0.3) is 10.0 Å². The molecule has 1 saturated heterocycles. The van der Waals surface area contributed by atoms with E-state index >= 15 is 0 Å². The largest absolute Gasteiger partial charge is 0.466 e. The van der Waals surface area contributed by atoms with Crippen LogP contribution in [0.25, 0.3) is 11.0 Å². The van der Waals surface area contributed by atoms with Crippen LogP contribution in [0, 0.1) is 5.92 Å². The number of aromatic nitrogens is 4. The number of rotatable bonds is 6. The molecule has 3 heterocycles. The Bertz CT molecular complexity index is 1210. The summed E-state index contributed by atoms with van der Waals surface area (Å²) in [6, 6.07) is 7.25. The van der Waals surface area contributed by atoms with Crippen molar-refractivity contribution in [3.8, 4) is 0 Å². The Hall–Kier alpha value is -3.21. The van der Waals surface area contributed by atoms with Crippen LogP contribution in [-0.4, -0.2) is 53.8 Å². The fourth-order valence-corrected chi connectivity index (χ4v) is 4.61. The average Bonchev–Trinajstić information content (AvgIpc) is 3.21. The average molecular weight is 445 g/mol. The topological polar surface area (TPSA) is 119 Å². The van der Waals surface area contributed by atoms with Gasteiger partial charge in [-0.2, -0.15) is 5.10 Å². The number of fused-ring (bicyclic) bond motifs is 1. The zero-order chi connectivity index (χ0) is 22.0. The molecule has 1 aromatic carbocycles. The molecule has 1 fully saturated rings. The molecular weight excluding hydrogens is 420 g/mol. The summed E-state index contributed by atoms with van der Waals surface area (Å²) in [5, 5.41) is 3.93. The molecule has 0 saturated carbocycles. The number of carbonyl (C=O) groups excluding carboxylic acids is 1. The molecule has 0 amide bonds. The summed E-state index contributed by atoms with van der Waals surface area (Å²) in [6.07, 6.45) is 4.15. The third-order valence-electron chi connectivity index (χ3n) is 5.12. The summed E-state index contributed by atoms with van der Waals surface area (Å²) in [7, 11) is -2.27. The third kappa shape index (κ3) is 4.46. The molecule has 10 nitrogen and oxygen atoms in total. The minimum absolute atomic E-state index is 0.0268. The molecule has 1 atom stereocenters. The smallest absolute Gasteiger partial charge is 0.310 e. The second-order valence-electron chi connectivity index (χ2n) is 7.38. The van der Waals surface area contributed by atoms with Crippen LogP contribution < -0.4 is 9.62 Å². The quantitative estimate of drug-likeness (QED) is 0.573. The van der Waals surface area contributed by atoms with Gasteiger partial charge in [-0.1, -0.05) is 12.1 Å². The number of esters is 1. The highest BCUT2D eigenvalue weighted by Gasteiger charge is 2.30. The molecular formula is C20H24N6O4S. The Balaban J connectivity index is 1.72. The second kappa shape index (κ2) is 8.50. The molecule has 31 heavy (non-hydrogen) atoms. The highest BCUT2D eigenvalue weighted by molar-refractivity contribution is 7.92. The van der Waals surface area contributed by atoms with Crippen LogP contribution in [0.3, 0.4) is 0 Å². The summed E-state index contributed by atoms with van der Waals surface area (Å²) in [4.78, 5) is 23.4. The molecule has 1 aliphatic heterocycles. The van der Waals surface area contributed by atoms with Crippen molar-refractivity contribution >= 4 is 38.7 Å². The van der Waals surface area contributed by atoms with E-state index in [9.17, 15) is 13.2 Å². The predicted octanol–water partition coefficient (Wildman–Crippen LogP) is 1.94. The summed E-state index contributed by atoms with van der Waals surface area (Å²) in [5.74, 6) is -0.0459. The molecule has 0 spiro atoms. The zero-order valence-electron chi connectivity index (χ0n) is 17.4. The van der Waals surface area contributed by atoms with E-state index in [-0.39, 0.29) is 22.6 Å². The van der Waals surface area contributed by atoms with Crippen LogP contribution in [0.2, 0.25) is 0 Å². The Labute approximate surface area is 180 Å². The van der Waals surface area contributed by atoms with Crippen LogP contribution in [0.4, 0.5) is 11.6 Å². The zero-order valence-corrected chi connectivity index (χ0v) is 18.2. The Morgan fingerprint density at radius 2 is 2.00 bits per heavy atom. The molecule has 1 aliphatic rings. The number of piperidine rings is 1. The van der Waals surface area contributed by atoms with E-state index in [0.29, 0.717) is 43.0 Å². The number of nitrogens with one attached hydrogen (secondary N) is 1. The number of carbonyl (C=O) groups is 1. The molecule has 1 unspecified atom stereocenters. The monoisotopic (exact) mass is 444 g/mol. The summed E-state index contributed by atoms with van der Waals surface area (Å²) in [6.45, 7) is 3.11. The van der Waals surface area contributed by atoms with E-state index in [1.165, 1.54) is 17.1 Å². The third-order valence-corrected chi connectivity index (χ3v) is 6.41. The molecule has 0 aliphatic carbocycles. The van der Waals surface area contributed by atoms with Crippen LogP contribution in [-0.2, 0) is 26.6 Å². The lowest BCUT2D eigenvalue weighted by Gasteiger charge is -2.33. The van der Waals surface area contributed by atoms with E-state index in [0.717, 1.165) is 6.42 Å². The first-order chi connectivity index (χ1) is 14.9. The Morgan fingerprint density at radius 1 is 1.26 bits per heavy atom. The van der Waals surface area contributed by atoms with Gasteiger partial charge < -0.3 is 9.64 Å². The minimum Gasteiger partial charge on any atom is -0.466 e. The molecule has 3 aromatic rings. The maximum Gasteiger partial charge on any atom is 0.310 e. The van der Waals surface area contributed by atoms with Crippen molar-refractivity contribution in [1.82, 2.24) is 19.7 Å². The van der Waals surface area contributed by atoms with Crippen LogP contribution in [0.5, 0.6) is 0 Å². The van der Waals surface area contributed by atoms with Gasteiger partial charge in [0.1, 0.15) is 4.90 Å². The van der Waals surface area contributed by atoms with Crippen molar-refractivity contribution < 1.29 is 17.9 Å². The Kier molecular flexibility index (Phi) is 5.77. The number of aryl methyl sites for hydroxylation is 1. The van der Waals surface area contributed by atoms with Gasteiger partial charge in [-0.3, -0.25) is 14.2 Å². The van der Waals surface area contributed by atoms with E-state index in [1.54, 1.807) is 20.0 Å². The van der Waals surface area contributed by atoms with Crippen LogP contribution in [0.15, 0.2) is 41.6 Å². The van der Waals surface area contributed by atoms with E-state index < -0.39 is 10.0 Å². The molecule has 164 valence electrons. The highest BCUT2D eigenvalue weighted by atomic mass is 32.2. The molecule has 0 bridgehead atoms. The SMILES string of the molecule is CCOC(=O)C1CCCN(c2nc3ccccc3nc2NS(=O)(=O)c2cnn(C)c2)C1. The van der Waals surface area contributed by atoms with Crippen molar-refractivity contribution in [3.05, 3.63) is 36.7 Å². The second-order valence-corrected chi connectivity index (χ2v) is 9.06. The van der Waals surface area contributed by atoms with Gasteiger partial charge in [0, 0.05) is 26.3 Å². The normalized spacial score (nSPS) is 17.0. The van der Waals surface area contributed by atoms with Crippen molar-refractivity contribution in [3.63, 3.8) is 0 Å². The van der Waals surface area contributed by atoms with E-state index in [1.807, 2.05) is 23.1 Å². The lowest BCUT2D eigenvalue weighted by Crippen LogP contribution is -2.40. The summed E-state index contributed by atoms with van der Waals surface area (Å²) < 4.78 is 35.0. The fraction of sp³-hybridized carbons (Fsp3) is 0.400. The highest BCUT2D eigenvalue weighted by Crippen LogP contribution is 2.31. The fourth-order valence-electron chi connectivity index (χ4n) is 3.63. The van der Waals surface area contributed by atoms with Crippen molar-refractivity contribution in [1.29, 1.82) is 0 Å². The lowest BCUT2D eigenvalue weighted by molar-refractivity contribution is -0.148. The van der Waals surface area contributed by atoms with Crippen LogP contribution in [0.1, 0.15) is 19.8 Å². The molecule has 0 radical (unpaired) electrons. The number of para-hydroxylation sites is 2. The molecule has 1 N–H and O–H groups in total. The minimum atomic E-state index is -3.91. The summed E-state index contributed by atoms with van der Waals surface area (Å²) >= 11 is 0. The lowest BCUT2D eigenvalue weighted by atomic mass is 9.98. The van der Waals surface area contributed by atoms with Crippen LogP contribution >= 0.6 is 0 Å². The van der Waals surface area contributed by atoms with Gasteiger partial charge in [0.15, 0.2) is 11.6 Å². The standard InChI is InChI=1S/C20H24N6O4S/c1-3-30-20(27)14-7-6-10-26(12-14)19-18(22-16-8-4-5-9-17(16)23-19)24-31(28,29)15-11-21-25(2)13-15/h4-5,8-9,11,13-14H,3,6-7,10,12H2,1-2H3,(H,22,24). The van der Waals surface area contributed by atoms with Gasteiger partial charge in [0.05, 0.1) is 29.8 Å². The number of hydrogen-bond acceptors (Lipinski definition) is 8. The maximum atomic E-state index is 12.9. The van der Waals surface area contributed by atoms with Gasteiger partial charge in [-0.15, -0.1) is 0 Å². The number of benzene rings is 1. The van der Waals surface area contributed by atoms with Gasteiger partial charge in [0.2, 0.25) is 0 Å². The first-order valence-electron chi connectivity index (χ1n) is 10.1. The van der Waals surface area contributed by atoms with E-state index in [4.69, 9.17) is 4.74 Å². The van der Waals surface area contributed by atoms with E-state index in [2.05, 4.69) is 19.8 Å². The Morgan fingerprint density at radius 3 is 2.68 bits per heavy atom. The molecule has 4 rings (SSSR count). The predicted molar refractivity (Wildman–Crippen MR) is 115 cm³/mol. The number of ether oxygens (including phenoxy) is 1. The van der Waals surface area contributed by atoms with Gasteiger partial charge >= 0.3 is 5.97 Å². The number of anilines is 2. The molecule has 2 aromatic heterocycles. The van der Waals surface area contributed by atoms with Crippen molar-refractivity contribution in [2.45, 2.75) is 24.7 Å². The number of nitrogens with zero attached hydrogens (tertiary/aromatic N) is 5. The number of hydrogen-bond donors (Lipinski definition) is 1. The first-order valence-corrected chi connectivity index (χ1v) is 11.6. The van der Waals surface area contributed by atoms with Crippen molar-refractivity contribution in [2.75, 3.05) is 29.3 Å². The van der Waals surface area contributed by atoms with Gasteiger partial charge in [-0.25, -0.2) is 18.4 Å². The maximum absolute atomic E-state index is 12.9. The first kappa shape index (κ1) is 21.0.